The first-order chi connectivity index (χ1) is 15.0. The number of imide groups is 1. The predicted octanol–water partition coefficient (Wildman–Crippen LogP) is 2.35. The first kappa shape index (κ1) is 21.4. The molecule has 4 heterocycles. The third-order valence-corrected chi connectivity index (χ3v) is 6.57. The van der Waals surface area contributed by atoms with E-state index < -0.39 is 17.4 Å². The summed E-state index contributed by atoms with van der Waals surface area (Å²) in [5.41, 5.74) is 1.19. The van der Waals surface area contributed by atoms with Gasteiger partial charge in [-0.3, -0.25) is 14.9 Å². The number of ether oxygens (including phenoxy) is 2. The number of carbonyl (C=O) groups excluding carboxylic acids is 3. The number of thiophene rings is 1. The number of pyridine rings is 1. The molecule has 10 nitrogen and oxygen atoms in total. The fourth-order valence-electron chi connectivity index (χ4n) is 3.12. The largest absolute Gasteiger partial charge is 0.450 e. The first-order valence-corrected chi connectivity index (χ1v) is 11.4. The number of nitrogens with one attached hydrogen (secondary N) is 3. The quantitative estimate of drug-likeness (QED) is 0.613. The Morgan fingerprint density at radius 3 is 2.94 bits per heavy atom. The van der Waals surface area contributed by atoms with Crippen molar-refractivity contribution in [1.82, 2.24) is 10.3 Å². The zero-order valence-electron chi connectivity index (χ0n) is 16.7. The molecule has 4 rings (SSSR count). The van der Waals surface area contributed by atoms with Gasteiger partial charge in [-0.2, -0.15) is 0 Å². The van der Waals surface area contributed by atoms with E-state index in [0.717, 1.165) is 23.7 Å². The van der Waals surface area contributed by atoms with Gasteiger partial charge < -0.3 is 25.0 Å². The van der Waals surface area contributed by atoms with Gasteiger partial charge >= 0.3 is 6.09 Å². The van der Waals surface area contributed by atoms with Crippen LogP contribution in [0.15, 0.2) is 28.6 Å². The minimum atomic E-state index is -0.832. The SMILES string of the molecule is CCOC(=O)NC(=O)c1ccsc1NC(=O)C1Nc2ncc(N3CCOCC3)cc2S1. The van der Waals surface area contributed by atoms with Crippen molar-refractivity contribution in [3.05, 3.63) is 29.3 Å². The van der Waals surface area contributed by atoms with E-state index in [1.165, 1.54) is 29.2 Å². The van der Waals surface area contributed by atoms with E-state index in [2.05, 4.69) is 25.8 Å². The number of aromatic nitrogens is 1. The second kappa shape index (κ2) is 9.54. The third-order valence-electron chi connectivity index (χ3n) is 4.60. The summed E-state index contributed by atoms with van der Waals surface area (Å²) in [4.78, 5) is 44.1. The van der Waals surface area contributed by atoms with Gasteiger partial charge in [-0.15, -0.1) is 11.3 Å². The van der Waals surface area contributed by atoms with E-state index >= 15 is 0 Å². The van der Waals surface area contributed by atoms with Crippen molar-refractivity contribution in [1.29, 1.82) is 0 Å². The molecule has 3 N–H and O–H groups in total. The van der Waals surface area contributed by atoms with Crippen molar-refractivity contribution in [3.8, 4) is 0 Å². The highest BCUT2D eigenvalue weighted by Crippen LogP contribution is 2.39. The molecule has 0 spiro atoms. The van der Waals surface area contributed by atoms with Gasteiger partial charge in [-0.25, -0.2) is 9.78 Å². The highest BCUT2D eigenvalue weighted by molar-refractivity contribution is 8.01. The van der Waals surface area contributed by atoms with Gasteiger partial charge in [0, 0.05) is 13.1 Å². The van der Waals surface area contributed by atoms with Crippen molar-refractivity contribution < 1.29 is 23.9 Å². The van der Waals surface area contributed by atoms with Crippen molar-refractivity contribution in [3.63, 3.8) is 0 Å². The van der Waals surface area contributed by atoms with Crippen LogP contribution in [0.25, 0.3) is 0 Å². The van der Waals surface area contributed by atoms with Gasteiger partial charge in [0.15, 0.2) is 5.37 Å². The second-order valence-electron chi connectivity index (χ2n) is 6.61. The van der Waals surface area contributed by atoms with Crippen LogP contribution < -0.4 is 20.9 Å². The monoisotopic (exact) mass is 463 g/mol. The van der Waals surface area contributed by atoms with Crippen LogP contribution in [0.1, 0.15) is 17.3 Å². The maximum absolute atomic E-state index is 12.8. The average Bonchev–Trinajstić information content (AvgIpc) is 3.40. The normalized spacial score (nSPS) is 17.5. The fraction of sp³-hybridized carbons (Fsp3) is 0.368. The maximum atomic E-state index is 12.8. The molecular formula is C19H21N5O5S2. The van der Waals surface area contributed by atoms with Crippen LogP contribution in [0.4, 0.5) is 21.3 Å². The van der Waals surface area contributed by atoms with Crippen molar-refractivity contribution >= 4 is 57.5 Å². The minimum absolute atomic E-state index is 0.152. The molecule has 1 fully saturated rings. The summed E-state index contributed by atoms with van der Waals surface area (Å²) in [7, 11) is 0. The summed E-state index contributed by atoms with van der Waals surface area (Å²) in [6.45, 7) is 4.76. The predicted molar refractivity (Wildman–Crippen MR) is 118 cm³/mol. The Morgan fingerprint density at radius 1 is 1.35 bits per heavy atom. The number of alkyl carbamates (subject to hydrolysis) is 1. The summed E-state index contributed by atoms with van der Waals surface area (Å²) in [6.07, 6.45) is 0.955. The van der Waals surface area contributed by atoms with Crippen LogP contribution in [0, 0.1) is 0 Å². The number of hydrogen-bond donors (Lipinski definition) is 3. The number of amides is 3. The molecule has 3 amide bonds. The Labute approximate surface area is 186 Å². The summed E-state index contributed by atoms with van der Waals surface area (Å²) < 4.78 is 10.1. The molecule has 1 saturated heterocycles. The molecule has 2 aliphatic rings. The molecule has 2 aromatic heterocycles. The molecular weight excluding hydrogens is 442 g/mol. The van der Waals surface area contributed by atoms with Crippen LogP contribution in [-0.2, 0) is 14.3 Å². The highest BCUT2D eigenvalue weighted by atomic mass is 32.2. The first-order valence-electron chi connectivity index (χ1n) is 9.67. The van der Waals surface area contributed by atoms with Gasteiger partial charge in [0.25, 0.3) is 11.8 Å². The number of thioether (sulfide) groups is 1. The number of anilines is 3. The summed E-state index contributed by atoms with van der Waals surface area (Å²) >= 11 is 2.56. The minimum Gasteiger partial charge on any atom is -0.450 e. The Hall–Kier alpha value is -2.83. The van der Waals surface area contributed by atoms with Crippen LogP contribution in [-0.4, -0.2) is 61.2 Å². The standard InChI is InChI=1S/C19H21N5O5S2/c1-2-29-19(27)23-15(25)12-3-8-30-17(12)22-16(26)18-21-14-13(31-18)9-11(10-20-14)24-4-6-28-7-5-24/h3,8-10,18H,2,4-7H2,1H3,(H,20,21)(H,22,26)(H,23,25,27). The molecule has 31 heavy (non-hydrogen) atoms. The second-order valence-corrected chi connectivity index (χ2v) is 8.67. The van der Waals surface area contributed by atoms with Gasteiger partial charge in [0.1, 0.15) is 10.8 Å². The molecule has 164 valence electrons. The van der Waals surface area contributed by atoms with Crippen LogP contribution in [0.5, 0.6) is 0 Å². The lowest BCUT2D eigenvalue weighted by molar-refractivity contribution is -0.115. The topological polar surface area (TPSA) is 122 Å². The lowest BCUT2D eigenvalue weighted by Gasteiger charge is -2.28. The smallest absolute Gasteiger partial charge is 0.414 e. The molecule has 1 atom stereocenters. The Bertz CT molecular complexity index is 992. The average molecular weight is 464 g/mol. The third kappa shape index (κ3) is 4.92. The highest BCUT2D eigenvalue weighted by Gasteiger charge is 2.30. The molecule has 1 unspecified atom stereocenters. The molecule has 0 bridgehead atoms. The van der Waals surface area contributed by atoms with Crippen molar-refractivity contribution in [2.75, 3.05) is 48.4 Å². The van der Waals surface area contributed by atoms with Gasteiger partial charge in [0.2, 0.25) is 0 Å². The fourth-order valence-corrected chi connectivity index (χ4v) is 4.91. The number of hydrogen-bond acceptors (Lipinski definition) is 10. The number of carbonyl (C=O) groups is 3. The number of nitrogens with zero attached hydrogens (tertiary/aromatic N) is 2. The Balaban J connectivity index is 1.39. The van der Waals surface area contributed by atoms with E-state index in [9.17, 15) is 14.4 Å². The van der Waals surface area contributed by atoms with Crippen LogP contribution >= 0.6 is 23.1 Å². The van der Waals surface area contributed by atoms with Gasteiger partial charge in [-0.05, 0) is 24.4 Å². The number of rotatable bonds is 5. The lowest BCUT2D eigenvalue weighted by atomic mass is 10.3. The molecule has 0 aliphatic carbocycles. The van der Waals surface area contributed by atoms with Crippen LogP contribution in [0.2, 0.25) is 0 Å². The molecule has 2 aromatic rings. The van der Waals surface area contributed by atoms with Gasteiger partial charge in [-0.1, -0.05) is 11.8 Å². The summed E-state index contributed by atoms with van der Waals surface area (Å²) in [5, 5.41) is 9.41. The van der Waals surface area contributed by atoms with E-state index in [4.69, 9.17) is 9.47 Å². The molecule has 0 radical (unpaired) electrons. The number of fused-ring (bicyclic) bond motifs is 1. The number of morpholine rings is 1. The van der Waals surface area contributed by atoms with E-state index in [1.54, 1.807) is 18.5 Å². The zero-order valence-corrected chi connectivity index (χ0v) is 18.3. The van der Waals surface area contributed by atoms with Crippen molar-refractivity contribution in [2.24, 2.45) is 0 Å². The van der Waals surface area contributed by atoms with E-state index in [-0.39, 0.29) is 18.1 Å². The van der Waals surface area contributed by atoms with E-state index in [0.29, 0.717) is 24.0 Å². The zero-order chi connectivity index (χ0) is 21.8. The van der Waals surface area contributed by atoms with Crippen LogP contribution in [0.3, 0.4) is 0 Å². The summed E-state index contributed by atoms with van der Waals surface area (Å²) in [5.74, 6) is -0.306. The molecule has 0 aromatic carbocycles. The molecule has 12 heteroatoms. The summed E-state index contributed by atoms with van der Waals surface area (Å²) in [6, 6.07) is 3.55. The Kier molecular flexibility index (Phi) is 6.59. The van der Waals surface area contributed by atoms with Gasteiger partial charge in [0.05, 0.1) is 42.2 Å². The van der Waals surface area contributed by atoms with Crippen molar-refractivity contribution in [2.45, 2.75) is 17.2 Å². The lowest BCUT2D eigenvalue weighted by Crippen LogP contribution is -2.36. The Morgan fingerprint density at radius 2 is 2.16 bits per heavy atom. The molecule has 2 aliphatic heterocycles. The molecule has 0 saturated carbocycles. The van der Waals surface area contributed by atoms with E-state index in [1.807, 2.05) is 6.07 Å². The maximum Gasteiger partial charge on any atom is 0.414 e.